The summed E-state index contributed by atoms with van der Waals surface area (Å²) in [6, 6.07) is 1.36. The number of hydrogen-bond acceptors (Lipinski definition) is 3. The molecule has 3 atom stereocenters. The molecular weight excluding hydrogens is 218 g/mol. The third kappa shape index (κ3) is 2.14. The van der Waals surface area contributed by atoms with Crippen LogP contribution in [0.2, 0.25) is 0 Å². The highest BCUT2D eigenvalue weighted by molar-refractivity contribution is 7.98. The quantitative estimate of drug-likeness (QED) is 0.775. The van der Waals surface area contributed by atoms with Crippen LogP contribution in [-0.4, -0.2) is 36.8 Å². The van der Waals surface area contributed by atoms with Gasteiger partial charge in [0.2, 0.25) is 0 Å². The maximum Gasteiger partial charge on any atom is 0.0661 e. The molecule has 1 N–H and O–H groups in total. The number of rotatable bonds is 6. The molecule has 0 aromatic carbocycles. The first-order chi connectivity index (χ1) is 7.73. The van der Waals surface area contributed by atoms with Gasteiger partial charge in [-0.05, 0) is 39.4 Å². The fourth-order valence-electron chi connectivity index (χ4n) is 3.31. The van der Waals surface area contributed by atoms with Gasteiger partial charge in [-0.1, -0.05) is 6.42 Å². The third-order valence-corrected chi connectivity index (χ3v) is 5.17. The van der Waals surface area contributed by atoms with E-state index in [1.165, 1.54) is 31.4 Å². The van der Waals surface area contributed by atoms with Crippen molar-refractivity contribution in [3.8, 4) is 0 Å². The number of thioether (sulfide) groups is 1. The Labute approximate surface area is 104 Å². The molecule has 2 saturated carbocycles. The van der Waals surface area contributed by atoms with E-state index in [0.717, 1.165) is 12.6 Å². The third-order valence-electron chi connectivity index (χ3n) is 4.34. The minimum atomic E-state index is 0.517. The number of nitrogens with one attached hydrogen (secondary N) is 1. The Morgan fingerprint density at radius 1 is 1.50 bits per heavy atom. The van der Waals surface area contributed by atoms with Gasteiger partial charge in [-0.15, -0.1) is 0 Å². The van der Waals surface area contributed by atoms with Crippen molar-refractivity contribution in [1.29, 1.82) is 0 Å². The fraction of sp³-hybridized carbons (Fsp3) is 1.00. The summed E-state index contributed by atoms with van der Waals surface area (Å²) in [6.07, 6.45) is 8.11. The molecule has 2 aliphatic rings. The van der Waals surface area contributed by atoms with E-state index in [2.05, 4.69) is 25.4 Å². The van der Waals surface area contributed by atoms with E-state index >= 15 is 0 Å². The van der Waals surface area contributed by atoms with Crippen LogP contribution in [0.4, 0.5) is 0 Å². The lowest BCUT2D eigenvalue weighted by atomic mass is 9.51. The van der Waals surface area contributed by atoms with Gasteiger partial charge < -0.3 is 10.1 Å². The zero-order valence-corrected chi connectivity index (χ0v) is 11.6. The van der Waals surface area contributed by atoms with Crippen LogP contribution in [0, 0.1) is 5.41 Å². The lowest BCUT2D eigenvalue weighted by Crippen LogP contribution is -2.68. The first kappa shape index (κ1) is 12.7. The Morgan fingerprint density at radius 2 is 2.25 bits per heavy atom. The summed E-state index contributed by atoms with van der Waals surface area (Å²) < 4.78 is 5.86. The van der Waals surface area contributed by atoms with Gasteiger partial charge in [0.1, 0.15) is 0 Å². The van der Waals surface area contributed by atoms with Gasteiger partial charge in [-0.25, -0.2) is 0 Å². The number of hydrogen-bond donors (Lipinski definition) is 1. The van der Waals surface area contributed by atoms with Gasteiger partial charge in [0.25, 0.3) is 0 Å². The fourth-order valence-corrected chi connectivity index (χ4v) is 3.91. The highest BCUT2D eigenvalue weighted by Gasteiger charge is 2.58. The van der Waals surface area contributed by atoms with E-state index in [-0.39, 0.29) is 0 Å². The molecule has 3 heteroatoms. The first-order valence-electron chi connectivity index (χ1n) is 6.59. The lowest BCUT2D eigenvalue weighted by molar-refractivity contribution is -0.174. The normalized spacial score (nSPS) is 33.2. The largest absolute Gasteiger partial charge is 0.378 e. The molecule has 2 aliphatic carbocycles. The van der Waals surface area contributed by atoms with Gasteiger partial charge in [0.15, 0.2) is 0 Å². The summed E-state index contributed by atoms with van der Waals surface area (Å²) >= 11 is 1.93. The molecule has 0 heterocycles. The van der Waals surface area contributed by atoms with Crippen LogP contribution in [-0.2, 0) is 4.74 Å². The lowest BCUT2D eigenvalue weighted by Gasteiger charge is -2.61. The van der Waals surface area contributed by atoms with Gasteiger partial charge in [0.05, 0.1) is 6.10 Å². The van der Waals surface area contributed by atoms with Crippen molar-refractivity contribution >= 4 is 11.8 Å². The van der Waals surface area contributed by atoms with Crippen LogP contribution in [0.1, 0.15) is 39.5 Å². The molecule has 0 bridgehead atoms. The predicted octanol–water partition coefficient (Wildman–Crippen LogP) is 2.68. The van der Waals surface area contributed by atoms with Gasteiger partial charge in [-0.2, -0.15) is 11.8 Å². The highest BCUT2D eigenvalue weighted by atomic mass is 32.2. The van der Waals surface area contributed by atoms with Crippen LogP contribution in [0.25, 0.3) is 0 Å². The molecule has 94 valence electrons. The van der Waals surface area contributed by atoms with Crippen molar-refractivity contribution in [1.82, 2.24) is 5.32 Å². The maximum atomic E-state index is 5.86. The smallest absolute Gasteiger partial charge is 0.0661 e. The summed E-state index contributed by atoms with van der Waals surface area (Å²) in [5, 5.41) is 3.80. The second kappa shape index (κ2) is 5.28. The molecule has 2 nitrogen and oxygen atoms in total. The molecule has 2 rings (SSSR count). The Kier molecular flexibility index (Phi) is 4.20. The minimum Gasteiger partial charge on any atom is -0.378 e. The van der Waals surface area contributed by atoms with Gasteiger partial charge in [0, 0.05) is 29.9 Å². The predicted molar refractivity (Wildman–Crippen MR) is 71.1 cm³/mol. The first-order valence-corrected chi connectivity index (χ1v) is 7.99. The van der Waals surface area contributed by atoms with Crippen molar-refractivity contribution in [3.05, 3.63) is 0 Å². The van der Waals surface area contributed by atoms with E-state index in [4.69, 9.17) is 4.74 Å². The van der Waals surface area contributed by atoms with Crippen molar-refractivity contribution in [2.45, 2.75) is 57.7 Å². The topological polar surface area (TPSA) is 21.3 Å². The summed E-state index contributed by atoms with van der Waals surface area (Å²) in [7, 11) is 0. The second-order valence-corrected chi connectivity index (χ2v) is 6.25. The molecule has 1 spiro atoms. The Hall–Kier alpha value is 0.270. The van der Waals surface area contributed by atoms with Crippen LogP contribution in [0.5, 0.6) is 0 Å². The molecule has 0 saturated heterocycles. The summed E-state index contributed by atoms with van der Waals surface area (Å²) in [4.78, 5) is 0. The molecule has 2 fully saturated rings. The van der Waals surface area contributed by atoms with E-state index in [9.17, 15) is 0 Å². The van der Waals surface area contributed by atoms with E-state index < -0.39 is 0 Å². The van der Waals surface area contributed by atoms with Gasteiger partial charge >= 0.3 is 0 Å². The van der Waals surface area contributed by atoms with E-state index in [0.29, 0.717) is 17.6 Å². The van der Waals surface area contributed by atoms with Crippen LogP contribution in [0.3, 0.4) is 0 Å². The number of ether oxygens (including phenoxy) is 1. The Morgan fingerprint density at radius 3 is 2.75 bits per heavy atom. The van der Waals surface area contributed by atoms with Crippen LogP contribution < -0.4 is 5.32 Å². The monoisotopic (exact) mass is 243 g/mol. The minimum absolute atomic E-state index is 0.517. The van der Waals surface area contributed by atoms with Crippen molar-refractivity contribution in [2.24, 2.45) is 5.41 Å². The molecule has 0 radical (unpaired) electrons. The molecule has 3 unspecified atom stereocenters. The van der Waals surface area contributed by atoms with Crippen molar-refractivity contribution < 1.29 is 4.74 Å². The molecule has 0 aromatic heterocycles. The second-order valence-electron chi connectivity index (χ2n) is 5.34. The SMILES string of the molecule is CCOC1CC(NC(C)CSC)C12CCC2. The Bertz CT molecular complexity index is 230. The van der Waals surface area contributed by atoms with E-state index in [1.807, 2.05) is 11.8 Å². The molecular formula is C13H25NOS. The average Bonchev–Trinajstić information content (AvgIpc) is 2.13. The van der Waals surface area contributed by atoms with Crippen molar-refractivity contribution in [3.63, 3.8) is 0 Å². The summed E-state index contributed by atoms with van der Waals surface area (Å²) in [6.45, 7) is 5.29. The summed E-state index contributed by atoms with van der Waals surface area (Å²) in [5.41, 5.74) is 0.517. The zero-order valence-electron chi connectivity index (χ0n) is 10.8. The summed E-state index contributed by atoms with van der Waals surface area (Å²) in [5.74, 6) is 1.21. The van der Waals surface area contributed by atoms with Gasteiger partial charge in [-0.3, -0.25) is 0 Å². The van der Waals surface area contributed by atoms with Crippen molar-refractivity contribution in [2.75, 3.05) is 18.6 Å². The standard InChI is InChI=1S/C13H25NOS/c1-4-15-12-8-11(13(12)6-5-7-13)14-10(2)9-16-3/h10-12,14H,4-9H2,1-3H3. The van der Waals surface area contributed by atoms with E-state index in [1.54, 1.807) is 0 Å². The zero-order chi connectivity index (χ0) is 11.6. The molecule has 0 amide bonds. The molecule has 16 heavy (non-hydrogen) atoms. The highest BCUT2D eigenvalue weighted by Crippen LogP contribution is 2.57. The molecule has 0 aromatic rings. The average molecular weight is 243 g/mol. The molecule has 0 aliphatic heterocycles. The Balaban J connectivity index is 1.83. The van der Waals surface area contributed by atoms with Crippen LogP contribution >= 0.6 is 11.8 Å². The maximum absolute atomic E-state index is 5.86. The van der Waals surface area contributed by atoms with Crippen LogP contribution in [0.15, 0.2) is 0 Å².